The van der Waals surface area contributed by atoms with E-state index < -0.39 is 5.97 Å². The van der Waals surface area contributed by atoms with Crippen LogP contribution in [0.25, 0.3) is 0 Å². The number of aromatic carboxylic acids is 1. The first kappa shape index (κ1) is 22.8. The molecule has 0 bridgehead atoms. The number of hydrogen-bond acceptors (Lipinski definition) is 6. The minimum atomic E-state index is -0.974. The van der Waals surface area contributed by atoms with Crippen molar-refractivity contribution in [1.29, 1.82) is 0 Å². The summed E-state index contributed by atoms with van der Waals surface area (Å²) in [5.74, 6) is -0.550. The molecule has 0 radical (unpaired) electrons. The van der Waals surface area contributed by atoms with Crippen molar-refractivity contribution in [3.8, 4) is 5.75 Å². The van der Waals surface area contributed by atoms with Crippen LogP contribution in [-0.4, -0.2) is 30.3 Å². The summed E-state index contributed by atoms with van der Waals surface area (Å²) in [7, 11) is 0. The van der Waals surface area contributed by atoms with Crippen molar-refractivity contribution in [2.75, 3.05) is 13.2 Å². The van der Waals surface area contributed by atoms with E-state index in [0.717, 1.165) is 31.4 Å². The molecular weight excluding hydrogens is 384 g/mol. The first-order chi connectivity index (χ1) is 14.5. The van der Waals surface area contributed by atoms with Gasteiger partial charge in [0.2, 0.25) is 0 Å². The minimum absolute atomic E-state index is 0.210. The van der Waals surface area contributed by atoms with Crippen molar-refractivity contribution >= 4 is 23.3 Å². The number of azo groups is 1. The molecule has 1 N–H and O–H groups in total. The van der Waals surface area contributed by atoms with Gasteiger partial charge in [-0.25, -0.2) is 9.59 Å². The van der Waals surface area contributed by atoms with Gasteiger partial charge in [0.05, 0.1) is 30.2 Å². The van der Waals surface area contributed by atoms with Crippen LogP contribution in [0.15, 0.2) is 70.9 Å². The van der Waals surface area contributed by atoms with Crippen molar-refractivity contribution in [1.82, 2.24) is 0 Å². The highest BCUT2D eigenvalue weighted by Gasteiger charge is 2.02. The van der Waals surface area contributed by atoms with E-state index in [1.54, 1.807) is 31.2 Å². The lowest BCUT2D eigenvalue weighted by Gasteiger charge is -2.07. The Morgan fingerprint density at radius 2 is 1.40 bits per heavy atom. The number of carbonyl (C=O) groups excluding carboxylic acids is 1. The number of ether oxygens (including phenoxy) is 2. The zero-order valence-electron chi connectivity index (χ0n) is 17.0. The lowest BCUT2D eigenvalue weighted by Crippen LogP contribution is -2.06. The molecule has 2 rings (SSSR count). The van der Waals surface area contributed by atoms with Crippen LogP contribution in [-0.2, 0) is 9.53 Å². The molecule has 0 fully saturated rings. The highest BCUT2D eigenvalue weighted by atomic mass is 16.5. The molecule has 0 unspecified atom stereocenters. The number of unbranched alkanes of at least 4 members (excludes halogenated alkanes) is 3. The van der Waals surface area contributed by atoms with Crippen molar-refractivity contribution < 1.29 is 24.2 Å². The molecule has 0 saturated carbocycles. The van der Waals surface area contributed by atoms with Gasteiger partial charge in [-0.05, 0) is 81.1 Å². The maximum Gasteiger partial charge on any atom is 0.335 e. The van der Waals surface area contributed by atoms with Crippen LogP contribution < -0.4 is 4.74 Å². The third-order valence-corrected chi connectivity index (χ3v) is 4.12. The molecule has 0 aliphatic heterocycles. The second-order valence-electron chi connectivity index (χ2n) is 6.72. The fourth-order valence-electron chi connectivity index (χ4n) is 2.43. The Hall–Kier alpha value is -3.48. The molecule has 2 aromatic rings. The fraction of sp³-hybridized carbons (Fsp3) is 0.304. The first-order valence-corrected chi connectivity index (χ1v) is 9.76. The largest absolute Gasteiger partial charge is 0.494 e. The lowest BCUT2D eigenvalue weighted by atomic mass is 10.2. The van der Waals surface area contributed by atoms with Gasteiger partial charge in [0, 0.05) is 5.57 Å². The van der Waals surface area contributed by atoms with Gasteiger partial charge in [0.25, 0.3) is 0 Å². The normalized spacial score (nSPS) is 10.7. The number of carboxylic acid groups (broad SMARTS) is 1. The van der Waals surface area contributed by atoms with Crippen LogP contribution in [0, 0.1) is 0 Å². The quantitative estimate of drug-likeness (QED) is 0.205. The summed E-state index contributed by atoms with van der Waals surface area (Å²) < 4.78 is 10.8. The Kier molecular flexibility index (Phi) is 9.24. The maximum atomic E-state index is 11.2. The van der Waals surface area contributed by atoms with Crippen LogP contribution in [0.3, 0.4) is 0 Å². The zero-order valence-corrected chi connectivity index (χ0v) is 17.0. The Labute approximate surface area is 176 Å². The van der Waals surface area contributed by atoms with E-state index in [9.17, 15) is 9.59 Å². The smallest absolute Gasteiger partial charge is 0.335 e. The van der Waals surface area contributed by atoms with E-state index in [1.165, 1.54) is 12.1 Å². The SMILES string of the molecule is C=C(C)C(=O)OCCCCCCOc1ccc(N=Nc2ccc(C(=O)O)cc2)cc1. The van der Waals surface area contributed by atoms with Gasteiger partial charge in [0.15, 0.2) is 0 Å². The topological polar surface area (TPSA) is 97.5 Å². The van der Waals surface area contributed by atoms with E-state index in [1.807, 2.05) is 12.1 Å². The molecule has 0 amide bonds. The Bertz CT molecular complexity index is 873. The number of esters is 1. The van der Waals surface area contributed by atoms with Gasteiger partial charge >= 0.3 is 11.9 Å². The van der Waals surface area contributed by atoms with Gasteiger partial charge in [0.1, 0.15) is 5.75 Å². The Morgan fingerprint density at radius 1 is 0.867 bits per heavy atom. The summed E-state index contributed by atoms with van der Waals surface area (Å²) in [6, 6.07) is 13.5. The van der Waals surface area contributed by atoms with Gasteiger partial charge in [-0.2, -0.15) is 10.2 Å². The third-order valence-electron chi connectivity index (χ3n) is 4.12. The number of carbonyl (C=O) groups is 2. The molecule has 0 aromatic heterocycles. The van der Waals surface area contributed by atoms with E-state index >= 15 is 0 Å². The zero-order chi connectivity index (χ0) is 21.8. The average molecular weight is 410 g/mol. The second-order valence-corrected chi connectivity index (χ2v) is 6.72. The fourth-order valence-corrected chi connectivity index (χ4v) is 2.43. The lowest BCUT2D eigenvalue weighted by molar-refractivity contribution is -0.139. The molecule has 158 valence electrons. The standard InChI is InChI=1S/C23H26N2O5/c1-17(2)23(28)30-16-6-4-3-5-15-29-21-13-11-20(12-14-21)25-24-19-9-7-18(8-10-19)22(26)27/h7-14H,1,3-6,15-16H2,2H3,(H,26,27). The van der Waals surface area contributed by atoms with Crippen molar-refractivity contribution in [2.45, 2.75) is 32.6 Å². The molecule has 0 aliphatic rings. The number of hydrogen-bond donors (Lipinski definition) is 1. The molecule has 0 aliphatic carbocycles. The predicted molar refractivity (Wildman–Crippen MR) is 114 cm³/mol. The average Bonchev–Trinajstić information content (AvgIpc) is 2.75. The van der Waals surface area contributed by atoms with E-state index in [4.69, 9.17) is 14.6 Å². The van der Waals surface area contributed by atoms with Crippen molar-refractivity contribution in [2.24, 2.45) is 10.2 Å². The summed E-state index contributed by atoms with van der Waals surface area (Å²) in [4.78, 5) is 22.1. The molecule has 7 nitrogen and oxygen atoms in total. The number of carboxylic acids is 1. The van der Waals surface area contributed by atoms with Gasteiger partial charge in [-0.1, -0.05) is 6.58 Å². The molecule has 30 heavy (non-hydrogen) atoms. The number of rotatable bonds is 12. The first-order valence-electron chi connectivity index (χ1n) is 9.76. The minimum Gasteiger partial charge on any atom is -0.494 e. The molecule has 0 heterocycles. The number of benzene rings is 2. The molecule has 0 saturated heterocycles. The Balaban J connectivity index is 1.64. The van der Waals surface area contributed by atoms with Crippen LogP contribution in [0.4, 0.5) is 11.4 Å². The van der Waals surface area contributed by atoms with Crippen LogP contribution in [0.2, 0.25) is 0 Å². The summed E-state index contributed by atoms with van der Waals surface area (Å²) in [5, 5.41) is 17.1. The molecule has 0 spiro atoms. The van der Waals surface area contributed by atoms with Crippen LogP contribution in [0.5, 0.6) is 5.75 Å². The van der Waals surface area contributed by atoms with Gasteiger partial charge < -0.3 is 14.6 Å². The summed E-state index contributed by atoms with van der Waals surface area (Å²) in [6.45, 7) is 6.21. The highest BCUT2D eigenvalue weighted by Crippen LogP contribution is 2.22. The van der Waals surface area contributed by atoms with E-state index in [0.29, 0.717) is 30.2 Å². The maximum absolute atomic E-state index is 11.2. The molecular formula is C23H26N2O5. The molecule has 7 heteroatoms. The van der Waals surface area contributed by atoms with Crippen LogP contribution >= 0.6 is 0 Å². The monoisotopic (exact) mass is 410 g/mol. The summed E-state index contributed by atoms with van der Waals surface area (Å²) in [6.07, 6.45) is 3.72. The number of nitrogens with zero attached hydrogens (tertiary/aromatic N) is 2. The predicted octanol–water partition coefficient (Wildman–Crippen LogP) is 5.86. The van der Waals surface area contributed by atoms with Crippen LogP contribution in [0.1, 0.15) is 43.0 Å². The highest BCUT2D eigenvalue weighted by molar-refractivity contribution is 5.88. The van der Waals surface area contributed by atoms with E-state index in [2.05, 4.69) is 16.8 Å². The summed E-state index contributed by atoms with van der Waals surface area (Å²) >= 11 is 0. The second kappa shape index (κ2) is 12.2. The summed E-state index contributed by atoms with van der Waals surface area (Å²) in [5.41, 5.74) is 1.88. The Morgan fingerprint density at radius 3 is 1.93 bits per heavy atom. The van der Waals surface area contributed by atoms with Gasteiger partial charge in [-0.15, -0.1) is 0 Å². The molecule has 0 atom stereocenters. The molecule has 2 aromatic carbocycles. The third kappa shape index (κ3) is 8.26. The van der Waals surface area contributed by atoms with E-state index in [-0.39, 0.29) is 11.5 Å². The van der Waals surface area contributed by atoms with Crippen molar-refractivity contribution in [3.63, 3.8) is 0 Å². The van der Waals surface area contributed by atoms with Crippen molar-refractivity contribution in [3.05, 3.63) is 66.2 Å². The van der Waals surface area contributed by atoms with Gasteiger partial charge in [-0.3, -0.25) is 0 Å².